The van der Waals surface area contributed by atoms with Crippen molar-refractivity contribution < 1.29 is 4.79 Å². The van der Waals surface area contributed by atoms with Gasteiger partial charge in [-0.05, 0) is 24.2 Å². The van der Waals surface area contributed by atoms with Crippen molar-refractivity contribution in [2.45, 2.75) is 6.92 Å². The zero-order valence-electron chi connectivity index (χ0n) is 12.3. The van der Waals surface area contributed by atoms with Crippen molar-refractivity contribution in [1.29, 1.82) is 0 Å². The molecule has 0 atom stereocenters. The van der Waals surface area contributed by atoms with Gasteiger partial charge in [0.1, 0.15) is 0 Å². The lowest BCUT2D eigenvalue weighted by Gasteiger charge is -2.33. The molecule has 1 saturated heterocycles. The van der Waals surface area contributed by atoms with Crippen LogP contribution in [0.5, 0.6) is 0 Å². The molecular weight excluding hydrogens is 288 g/mol. The van der Waals surface area contributed by atoms with E-state index in [1.807, 2.05) is 12.1 Å². The molecule has 0 saturated carbocycles. The molecular formula is C15H21ClN4O. The summed E-state index contributed by atoms with van der Waals surface area (Å²) in [6.07, 6.45) is 1.61. The second-order valence-electron chi connectivity index (χ2n) is 5.06. The fourth-order valence-electron chi connectivity index (χ4n) is 2.23. The lowest BCUT2D eigenvalue weighted by atomic mass is 10.2. The van der Waals surface area contributed by atoms with E-state index in [0.717, 1.165) is 38.3 Å². The molecule has 0 aromatic heterocycles. The molecule has 1 fully saturated rings. The number of carbonyl (C=O) groups excluding carboxylic acids is 1. The Morgan fingerprint density at radius 2 is 1.86 bits per heavy atom. The van der Waals surface area contributed by atoms with Crippen LogP contribution in [0.3, 0.4) is 0 Å². The molecule has 1 aromatic rings. The molecule has 21 heavy (non-hydrogen) atoms. The number of likely N-dealkylation sites (N-methyl/N-ethyl adjacent to an activating group) is 1. The van der Waals surface area contributed by atoms with E-state index in [1.54, 1.807) is 18.3 Å². The molecule has 0 aliphatic carbocycles. The Balaban J connectivity index is 1.71. The second-order valence-corrected chi connectivity index (χ2v) is 5.49. The third-order valence-electron chi connectivity index (χ3n) is 3.55. The predicted octanol–water partition coefficient (Wildman–Crippen LogP) is 1.43. The Hall–Kier alpha value is -1.43. The van der Waals surface area contributed by atoms with Gasteiger partial charge in [0.25, 0.3) is 5.91 Å². The van der Waals surface area contributed by atoms with E-state index < -0.39 is 0 Å². The summed E-state index contributed by atoms with van der Waals surface area (Å²) in [4.78, 5) is 16.3. The number of piperazine rings is 1. The number of nitrogens with zero attached hydrogens (tertiary/aromatic N) is 3. The highest BCUT2D eigenvalue weighted by molar-refractivity contribution is 6.30. The molecule has 0 bridgehead atoms. The minimum Gasteiger partial charge on any atom is -0.301 e. The van der Waals surface area contributed by atoms with Crippen LogP contribution in [0.15, 0.2) is 29.4 Å². The fourth-order valence-corrected chi connectivity index (χ4v) is 2.36. The maximum atomic E-state index is 11.8. The number of amides is 1. The van der Waals surface area contributed by atoms with E-state index >= 15 is 0 Å². The summed E-state index contributed by atoms with van der Waals surface area (Å²) in [5.41, 5.74) is 3.46. The molecule has 1 heterocycles. The first-order valence-corrected chi connectivity index (χ1v) is 7.57. The molecule has 1 amide bonds. The van der Waals surface area contributed by atoms with E-state index in [-0.39, 0.29) is 5.91 Å². The molecule has 0 unspecified atom stereocenters. The molecule has 1 aliphatic rings. The zero-order valence-corrected chi connectivity index (χ0v) is 13.0. The zero-order chi connectivity index (χ0) is 15.1. The summed E-state index contributed by atoms with van der Waals surface area (Å²) in [7, 11) is 0. The van der Waals surface area contributed by atoms with Gasteiger partial charge in [-0.15, -0.1) is 0 Å². The van der Waals surface area contributed by atoms with Gasteiger partial charge in [0.15, 0.2) is 0 Å². The average molecular weight is 309 g/mol. The van der Waals surface area contributed by atoms with Crippen LogP contribution in [0.1, 0.15) is 12.5 Å². The number of carbonyl (C=O) groups is 1. The molecule has 5 nitrogen and oxygen atoms in total. The summed E-state index contributed by atoms with van der Waals surface area (Å²) in [6.45, 7) is 7.55. The summed E-state index contributed by atoms with van der Waals surface area (Å²) in [5, 5.41) is 4.65. The Bertz CT molecular complexity index is 481. The number of nitrogens with one attached hydrogen (secondary N) is 1. The van der Waals surface area contributed by atoms with Gasteiger partial charge < -0.3 is 4.90 Å². The molecule has 114 valence electrons. The summed E-state index contributed by atoms with van der Waals surface area (Å²) in [5.74, 6) is -0.0786. The van der Waals surface area contributed by atoms with Crippen molar-refractivity contribution in [2.24, 2.45) is 5.10 Å². The molecule has 2 rings (SSSR count). The number of hydrogen-bond donors (Lipinski definition) is 1. The lowest BCUT2D eigenvalue weighted by Crippen LogP contribution is -2.48. The van der Waals surface area contributed by atoms with Crippen LogP contribution in [0, 0.1) is 0 Å². The fraction of sp³-hybridized carbons (Fsp3) is 0.467. The van der Waals surface area contributed by atoms with Gasteiger partial charge in [-0.3, -0.25) is 9.69 Å². The quantitative estimate of drug-likeness (QED) is 0.661. The van der Waals surface area contributed by atoms with Crippen LogP contribution in [-0.2, 0) is 4.79 Å². The second kappa shape index (κ2) is 8.12. The van der Waals surface area contributed by atoms with Crippen molar-refractivity contribution in [2.75, 3.05) is 39.3 Å². The van der Waals surface area contributed by atoms with E-state index in [0.29, 0.717) is 11.6 Å². The van der Waals surface area contributed by atoms with Gasteiger partial charge in [0.2, 0.25) is 0 Å². The largest absolute Gasteiger partial charge is 0.301 e. The van der Waals surface area contributed by atoms with E-state index in [2.05, 4.69) is 27.3 Å². The predicted molar refractivity (Wildman–Crippen MR) is 85.7 cm³/mol. The minimum atomic E-state index is -0.0786. The van der Waals surface area contributed by atoms with Gasteiger partial charge in [-0.25, -0.2) is 5.43 Å². The highest BCUT2D eigenvalue weighted by Crippen LogP contribution is 2.07. The maximum Gasteiger partial charge on any atom is 0.254 e. The molecule has 1 aromatic carbocycles. The molecule has 6 heteroatoms. The molecule has 0 spiro atoms. The van der Waals surface area contributed by atoms with Crippen molar-refractivity contribution in [1.82, 2.24) is 15.2 Å². The number of hydrogen-bond acceptors (Lipinski definition) is 4. The van der Waals surface area contributed by atoms with Crippen LogP contribution < -0.4 is 5.43 Å². The average Bonchev–Trinajstić information content (AvgIpc) is 2.50. The van der Waals surface area contributed by atoms with Gasteiger partial charge in [0, 0.05) is 31.2 Å². The number of hydrazone groups is 1. The van der Waals surface area contributed by atoms with Crippen LogP contribution >= 0.6 is 11.6 Å². The monoisotopic (exact) mass is 308 g/mol. The Labute approximate surface area is 130 Å². The Morgan fingerprint density at radius 1 is 1.24 bits per heavy atom. The van der Waals surface area contributed by atoms with Crippen LogP contribution in [0.4, 0.5) is 0 Å². The smallest absolute Gasteiger partial charge is 0.254 e. The summed E-state index contributed by atoms with van der Waals surface area (Å²) < 4.78 is 0. The first kappa shape index (κ1) is 15.9. The maximum absolute atomic E-state index is 11.8. The van der Waals surface area contributed by atoms with Gasteiger partial charge in [-0.1, -0.05) is 30.7 Å². The highest BCUT2D eigenvalue weighted by Gasteiger charge is 2.17. The topological polar surface area (TPSA) is 47.9 Å². The van der Waals surface area contributed by atoms with Gasteiger partial charge in [-0.2, -0.15) is 5.10 Å². The Kier molecular flexibility index (Phi) is 6.17. The van der Waals surface area contributed by atoms with Gasteiger partial charge >= 0.3 is 0 Å². The SMILES string of the molecule is CCN1CCN(CC(=O)NN=Cc2ccc(Cl)cc2)CC1. The molecule has 1 aliphatic heterocycles. The summed E-state index contributed by atoms with van der Waals surface area (Å²) in [6, 6.07) is 7.28. The number of benzene rings is 1. The first-order valence-electron chi connectivity index (χ1n) is 7.19. The Morgan fingerprint density at radius 3 is 2.48 bits per heavy atom. The van der Waals surface area contributed by atoms with Crippen molar-refractivity contribution in [3.63, 3.8) is 0 Å². The van der Waals surface area contributed by atoms with Crippen molar-refractivity contribution in [3.05, 3.63) is 34.9 Å². The van der Waals surface area contributed by atoms with Crippen LogP contribution in [-0.4, -0.2) is 61.2 Å². The third-order valence-corrected chi connectivity index (χ3v) is 3.80. The van der Waals surface area contributed by atoms with E-state index in [9.17, 15) is 4.79 Å². The molecule has 1 N–H and O–H groups in total. The van der Waals surface area contributed by atoms with E-state index in [4.69, 9.17) is 11.6 Å². The molecule has 0 radical (unpaired) electrons. The normalized spacial score (nSPS) is 17.2. The lowest BCUT2D eigenvalue weighted by molar-refractivity contribution is -0.122. The minimum absolute atomic E-state index is 0.0786. The summed E-state index contributed by atoms with van der Waals surface area (Å²) >= 11 is 5.80. The first-order chi connectivity index (χ1) is 10.2. The van der Waals surface area contributed by atoms with Crippen molar-refractivity contribution >= 4 is 23.7 Å². The van der Waals surface area contributed by atoms with Crippen LogP contribution in [0.25, 0.3) is 0 Å². The van der Waals surface area contributed by atoms with Crippen molar-refractivity contribution in [3.8, 4) is 0 Å². The highest BCUT2D eigenvalue weighted by atomic mass is 35.5. The third kappa shape index (κ3) is 5.46. The van der Waals surface area contributed by atoms with E-state index in [1.165, 1.54) is 0 Å². The van der Waals surface area contributed by atoms with Gasteiger partial charge in [0.05, 0.1) is 12.8 Å². The number of halogens is 1. The van der Waals surface area contributed by atoms with Crippen LogP contribution in [0.2, 0.25) is 5.02 Å². The standard InChI is InChI=1S/C15H21ClN4O/c1-2-19-7-9-20(10-8-19)12-15(21)18-17-11-13-3-5-14(16)6-4-13/h3-6,11H,2,7-10,12H2,1H3,(H,18,21). The number of rotatable bonds is 5.